The molecule has 6 heteroatoms. The topological polar surface area (TPSA) is 58.0 Å². The fourth-order valence-corrected chi connectivity index (χ4v) is 2.47. The molecule has 1 saturated heterocycles. The third kappa shape index (κ3) is 2.54. The van der Waals surface area contributed by atoms with Crippen molar-refractivity contribution in [2.24, 2.45) is 0 Å². The van der Waals surface area contributed by atoms with Crippen molar-refractivity contribution in [1.29, 1.82) is 0 Å². The number of hydrogen-bond donors (Lipinski definition) is 0. The van der Waals surface area contributed by atoms with Gasteiger partial charge in [0.1, 0.15) is 18.0 Å². The van der Waals surface area contributed by atoms with E-state index in [9.17, 15) is 0 Å². The Morgan fingerprint density at radius 1 is 0.850 bits per heavy atom. The molecule has 0 spiro atoms. The highest BCUT2D eigenvalue weighted by atomic mass is 15.3. The lowest BCUT2D eigenvalue weighted by Gasteiger charge is -2.36. The summed E-state index contributed by atoms with van der Waals surface area (Å²) in [4.78, 5) is 21.8. The zero-order valence-corrected chi connectivity index (χ0v) is 11.8. The van der Waals surface area contributed by atoms with E-state index in [0.29, 0.717) is 0 Å². The van der Waals surface area contributed by atoms with Crippen LogP contribution in [0, 0.1) is 13.8 Å². The van der Waals surface area contributed by atoms with Gasteiger partial charge >= 0.3 is 0 Å². The molecule has 3 heterocycles. The second-order valence-electron chi connectivity index (χ2n) is 4.96. The van der Waals surface area contributed by atoms with Crippen molar-refractivity contribution in [2.75, 3.05) is 36.0 Å². The summed E-state index contributed by atoms with van der Waals surface area (Å²) in [7, 11) is 0. The van der Waals surface area contributed by atoms with Crippen molar-refractivity contribution in [1.82, 2.24) is 19.9 Å². The molecule has 0 saturated carbocycles. The van der Waals surface area contributed by atoms with E-state index in [1.807, 2.05) is 19.9 Å². The van der Waals surface area contributed by atoms with Gasteiger partial charge < -0.3 is 9.80 Å². The Labute approximate surface area is 118 Å². The number of aryl methyl sites for hydroxylation is 2. The van der Waals surface area contributed by atoms with Crippen molar-refractivity contribution >= 4 is 11.6 Å². The van der Waals surface area contributed by atoms with Crippen LogP contribution in [-0.4, -0.2) is 46.1 Å². The number of hydrogen-bond acceptors (Lipinski definition) is 6. The second-order valence-corrected chi connectivity index (χ2v) is 4.96. The summed E-state index contributed by atoms with van der Waals surface area (Å²) >= 11 is 0. The van der Waals surface area contributed by atoms with E-state index < -0.39 is 0 Å². The molecule has 20 heavy (non-hydrogen) atoms. The van der Waals surface area contributed by atoms with Crippen molar-refractivity contribution < 1.29 is 0 Å². The molecule has 0 atom stereocenters. The molecule has 104 valence electrons. The first-order valence-electron chi connectivity index (χ1n) is 6.80. The van der Waals surface area contributed by atoms with Gasteiger partial charge in [-0.25, -0.2) is 15.0 Å². The second kappa shape index (κ2) is 5.40. The zero-order valence-electron chi connectivity index (χ0n) is 11.8. The zero-order chi connectivity index (χ0) is 13.9. The van der Waals surface area contributed by atoms with Crippen molar-refractivity contribution in [2.45, 2.75) is 13.8 Å². The van der Waals surface area contributed by atoms with E-state index in [-0.39, 0.29) is 0 Å². The quantitative estimate of drug-likeness (QED) is 0.817. The first-order valence-corrected chi connectivity index (χ1v) is 6.80. The van der Waals surface area contributed by atoms with Crippen molar-refractivity contribution in [3.63, 3.8) is 0 Å². The van der Waals surface area contributed by atoms with Gasteiger partial charge in [0.2, 0.25) is 0 Å². The molecule has 0 N–H and O–H groups in total. The standard InChI is InChI=1S/C14H18N6/c1-11-9-13(18-10-17-11)19-5-7-20(8-6-19)14-12(2)15-3-4-16-14/h3-4,9-10H,5-8H2,1-2H3. The van der Waals surface area contributed by atoms with Gasteiger partial charge in [-0.05, 0) is 13.8 Å². The van der Waals surface area contributed by atoms with Gasteiger partial charge in [0.05, 0.1) is 5.69 Å². The lowest BCUT2D eigenvalue weighted by atomic mass is 10.3. The maximum atomic E-state index is 4.43. The average Bonchev–Trinajstić information content (AvgIpc) is 2.48. The van der Waals surface area contributed by atoms with E-state index in [0.717, 1.165) is 49.2 Å². The summed E-state index contributed by atoms with van der Waals surface area (Å²) < 4.78 is 0. The molecular formula is C14H18N6. The molecule has 0 aromatic carbocycles. The first-order chi connectivity index (χ1) is 9.74. The molecule has 1 aliphatic rings. The summed E-state index contributed by atoms with van der Waals surface area (Å²) in [6, 6.07) is 2.03. The van der Waals surface area contributed by atoms with Crippen LogP contribution in [0.1, 0.15) is 11.4 Å². The number of piperazine rings is 1. The summed E-state index contributed by atoms with van der Waals surface area (Å²) in [5.41, 5.74) is 1.99. The van der Waals surface area contributed by atoms with Crippen LogP contribution < -0.4 is 9.80 Å². The predicted octanol–water partition coefficient (Wildman–Crippen LogP) is 1.21. The summed E-state index contributed by atoms with van der Waals surface area (Å²) in [5, 5.41) is 0. The van der Waals surface area contributed by atoms with Gasteiger partial charge in [-0.3, -0.25) is 4.98 Å². The molecule has 0 radical (unpaired) electrons. The lowest BCUT2D eigenvalue weighted by molar-refractivity contribution is 0.637. The monoisotopic (exact) mass is 270 g/mol. The van der Waals surface area contributed by atoms with Crippen LogP contribution in [0.25, 0.3) is 0 Å². The van der Waals surface area contributed by atoms with Gasteiger partial charge in [0.25, 0.3) is 0 Å². The SMILES string of the molecule is Cc1cc(N2CCN(c3nccnc3C)CC2)ncn1. The van der Waals surface area contributed by atoms with Gasteiger partial charge in [-0.1, -0.05) is 0 Å². The van der Waals surface area contributed by atoms with Crippen molar-refractivity contribution in [3.8, 4) is 0 Å². The van der Waals surface area contributed by atoms with Crippen LogP contribution in [0.15, 0.2) is 24.8 Å². The Morgan fingerprint density at radius 2 is 1.55 bits per heavy atom. The van der Waals surface area contributed by atoms with E-state index in [2.05, 4.69) is 29.7 Å². The fourth-order valence-electron chi connectivity index (χ4n) is 2.47. The Kier molecular flexibility index (Phi) is 3.45. The predicted molar refractivity (Wildman–Crippen MR) is 78.0 cm³/mol. The average molecular weight is 270 g/mol. The van der Waals surface area contributed by atoms with Crippen LogP contribution in [0.3, 0.4) is 0 Å². The fraction of sp³-hybridized carbons (Fsp3) is 0.429. The van der Waals surface area contributed by atoms with Gasteiger partial charge in [0, 0.05) is 50.3 Å². The molecule has 0 aliphatic carbocycles. The van der Waals surface area contributed by atoms with Crippen LogP contribution in [-0.2, 0) is 0 Å². The Hall–Kier alpha value is -2.24. The lowest BCUT2D eigenvalue weighted by Crippen LogP contribution is -2.47. The molecule has 6 nitrogen and oxygen atoms in total. The Bertz CT molecular complexity index is 592. The van der Waals surface area contributed by atoms with Crippen molar-refractivity contribution in [3.05, 3.63) is 36.2 Å². The number of anilines is 2. The van der Waals surface area contributed by atoms with Crippen LogP contribution in [0.2, 0.25) is 0 Å². The molecular weight excluding hydrogens is 252 g/mol. The summed E-state index contributed by atoms with van der Waals surface area (Å²) in [5.74, 6) is 2.00. The summed E-state index contributed by atoms with van der Waals surface area (Å²) in [6.07, 6.45) is 5.12. The van der Waals surface area contributed by atoms with E-state index in [1.165, 1.54) is 0 Å². The minimum absolute atomic E-state index is 0.933. The molecule has 1 fully saturated rings. The largest absolute Gasteiger partial charge is 0.353 e. The van der Waals surface area contributed by atoms with Gasteiger partial charge in [0.15, 0.2) is 0 Å². The molecule has 0 bridgehead atoms. The first kappa shape index (κ1) is 12.8. The molecule has 3 rings (SSSR count). The number of aromatic nitrogens is 4. The smallest absolute Gasteiger partial charge is 0.150 e. The third-order valence-electron chi connectivity index (χ3n) is 3.55. The van der Waals surface area contributed by atoms with Crippen LogP contribution in [0.5, 0.6) is 0 Å². The molecule has 2 aromatic rings. The number of rotatable bonds is 2. The minimum Gasteiger partial charge on any atom is -0.353 e. The highest BCUT2D eigenvalue weighted by molar-refractivity contribution is 5.46. The van der Waals surface area contributed by atoms with E-state index >= 15 is 0 Å². The molecule has 1 aliphatic heterocycles. The third-order valence-corrected chi connectivity index (χ3v) is 3.55. The normalized spacial score (nSPS) is 15.5. The summed E-state index contributed by atoms with van der Waals surface area (Å²) in [6.45, 7) is 7.73. The van der Waals surface area contributed by atoms with Gasteiger partial charge in [-0.15, -0.1) is 0 Å². The van der Waals surface area contributed by atoms with E-state index in [4.69, 9.17) is 0 Å². The highest BCUT2D eigenvalue weighted by Crippen LogP contribution is 2.19. The Balaban J connectivity index is 1.70. The maximum absolute atomic E-state index is 4.43. The van der Waals surface area contributed by atoms with E-state index in [1.54, 1.807) is 18.7 Å². The van der Waals surface area contributed by atoms with Crippen LogP contribution >= 0.6 is 0 Å². The van der Waals surface area contributed by atoms with Gasteiger partial charge in [-0.2, -0.15) is 0 Å². The minimum atomic E-state index is 0.933. The number of nitrogens with zero attached hydrogens (tertiary/aromatic N) is 6. The molecule has 0 amide bonds. The molecule has 0 unspecified atom stereocenters. The highest BCUT2D eigenvalue weighted by Gasteiger charge is 2.20. The Morgan fingerprint density at radius 3 is 2.25 bits per heavy atom. The maximum Gasteiger partial charge on any atom is 0.150 e. The van der Waals surface area contributed by atoms with Crippen LogP contribution in [0.4, 0.5) is 11.6 Å². The molecule has 2 aromatic heterocycles.